The molecule has 0 aliphatic heterocycles. The molecule has 10 heavy (non-hydrogen) atoms. The van der Waals surface area contributed by atoms with Crippen molar-refractivity contribution in [3.05, 3.63) is 12.2 Å². The van der Waals surface area contributed by atoms with Crippen LogP contribution >= 0.6 is 0 Å². The molecular formula is C6H12N4. The maximum absolute atomic E-state index is 5.75. The second kappa shape index (κ2) is 2.79. The Morgan fingerprint density at radius 1 is 1.60 bits per heavy atom. The van der Waals surface area contributed by atoms with Gasteiger partial charge in [-0.25, -0.2) is 4.98 Å². The van der Waals surface area contributed by atoms with Gasteiger partial charge in [-0.2, -0.15) is 5.10 Å². The number of aromatic amines is 1. The highest BCUT2D eigenvalue weighted by Gasteiger charge is 2.11. The van der Waals surface area contributed by atoms with Crippen molar-refractivity contribution in [2.75, 3.05) is 0 Å². The molecule has 0 saturated heterocycles. The average molecular weight is 140 g/mol. The van der Waals surface area contributed by atoms with E-state index in [1.165, 1.54) is 6.33 Å². The SMILES string of the molecule is CC(C)[C@@H](N)c1ncn[nH]1. The van der Waals surface area contributed by atoms with Crippen LogP contribution in [0, 0.1) is 5.92 Å². The predicted molar refractivity (Wildman–Crippen MR) is 38.1 cm³/mol. The molecule has 4 heteroatoms. The van der Waals surface area contributed by atoms with Crippen LogP contribution in [0.2, 0.25) is 0 Å². The average Bonchev–Trinajstić information content (AvgIpc) is 2.36. The zero-order valence-corrected chi connectivity index (χ0v) is 6.20. The Labute approximate surface area is 59.8 Å². The van der Waals surface area contributed by atoms with Gasteiger partial charge in [-0.05, 0) is 5.92 Å². The van der Waals surface area contributed by atoms with Gasteiger partial charge in [0.1, 0.15) is 12.2 Å². The molecule has 1 atom stereocenters. The number of H-pyrrole nitrogens is 1. The predicted octanol–water partition coefficient (Wildman–Crippen LogP) is 0.461. The summed E-state index contributed by atoms with van der Waals surface area (Å²) < 4.78 is 0. The Morgan fingerprint density at radius 3 is 2.70 bits per heavy atom. The topological polar surface area (TPSA) is 67.6 Å². The quantitative estimate of drug-likeness (QED) is 0.627. The van der Waals surface area contributed by atoms with Crippen LogP contribution in [0.5, 0.6) is 0 Å². The first-order chi connectivity index (χ1) is 4.72. The van der Waals surface area contributed by atoms with Crippen molar-refractivity contribution < 1.29 is 0 Å². The van der Waals surface area contributed by atoms with Crippen molar-refractivity contribution in [2.24, 2.45) is 11.7 Å². The lowest BCUT2D eigenvalue weighted by molar-refractivity contribution is 0.492. The van der Waals surface area contributed by atoms with Gasteiger partial charge in [-0.3, -0.25) is 5.10 Å². The molecule has 0 radical (unpaired) electrons. The van der Waals surface area contributed by atoms with Crippen molar-refractivity contribution in [2.45, 2.75) is 19.9 Å². The van der Waals surface area contributed by atoms with E-state index in [1.54, 1.807) is 0 Å². The zero-order valence-electron chi connectivity index (χ0n) is 6.20. The molecular weight excluding hydrogens is 128 g/mol. The normalized spacial score (nSPS) is 14.0. The monoisotopic (exact) mass is 140 g/mol. The lowest BCUT2D eigenvalue weighted by atomic mass is 10.1. The van der Waals surface area contributed by atoms with Gasteiger partial charge in [0.2, 0.25) is 0 Å². The Bertz CT molecular complexity index is 180. The molecule has 0 aromatic carbocycles. The van der Waals surface area contributed by atoms with E-state index in [4.69, 9.17) is 5.73 Å². The summed E-state index contributed by atoms with van der Waals surface area (Å²) in [4.78, 5) is 3.95. The third-order valence-electron chi connectivity index (χ3n) is 1.47. The summed E-state index contributed by atoms with van der Waals surface area (Å²) in [6.45, 7) is 4.10. The van der Waals surface area contributed by atoms with E-state index < -0.39 is 0 Å². The van der Waals surface area contributed by atoms with Crippen molar-refractivity contribution in [1.82, 2.24) is 15.2 Å². The third-order valence-corrected chi connectivity index (χ3v) is 1.47. The highest BCUT2D eigenvalue weighted by molar-refractivity contribution is 4.90. The molecule has 1 heterocycles. The van der Waals surface area contributed by atoms with Gasteiger partial charge in [0.05, 0.1) is 6.04 Å². The number of nitrogens with one attached hydrogen (secondary N) is 1. The third kappa shape index (κ3) is 1.33. The number of nitrogens with two attached hydrogens (primary N) is 1. The summed E-state index contributed by atoms with van der Waals surface area (Å²) in [6.07, 6.45) is 1.47. The Morgan fingerprint density at radius 2 is 2.30 bits per heavy atom. The highest BCUT2D eigenvalue weighted by atomic mass is 15.2. The molecule has 0 aliphatic carbocycles. The molecule has 0 aliphatic rings. The second-order valence-electron chi connectivity index (χ2n) is 2.64. The molecule has 0 saturated carbocycles. The maximum atomic E-state index is 5.75. The van der Waals surface area contributed by atoms with Crippen LogP contribution in [0.25, 0.3) is 0 Å². The Balaban J connectivity index is 2.68. The molecule has 1 rings (SSSR count). The van der Waals surface area contributed by atoms with E-state index in [9.17, 15) is 0 Å². The molecule has 4 nitrogen and oxygen atoms in total. The number of hydrogen-bond donors (Lipinski definition) is 2. The molecule has 0 spiro atoms. The van der Waals surface area contributed by atoms with E-state index in [0.717, 1.165) is 5.82 Å². The molecule has 0 amide bonds. The van der Waals surface area contributed by atoms with Crippen molar-refractivity contribution >= 4 is 0 Å². The van der Waals surface area contributed by atoms with Gasteiger partial charge in [-0.15, -0.1) is 0 Å². The summed E-state index contributed by atoms with van der Waals surface area (Å²) in [5.74, 6) is 1.16. The van der Waals surface area contributed by atoms with E-state index in [1.807, 2.05) is 13.8 Å². The highest BCUT2D eigenvalue weighted by Crippen LogP contribution is 2.12. The van der Waals surface area contributed by atoms with E-state index >= 15 is 0 Å². The first-order valence-electron chi connectivity index (χ1n) is 3.32. The standard InChI is InChI=1S/C6H12N4/c1-4(2)5(7)6-8-3-9-10-6/h3-5H,7H2,1-2H3,(H,8,9,10)/t5-/m1/s1. The van der Waals surface area contributed by atoms with Crippen molar-refractivity contribution in [3.8, 4) is 0 Å². The lowest BCUT2D eigenvalue weighted by Gasteiger charge is -2.10. The van der Waals surface area contributed by atoms with E-state index in [2.05, 4.69) is 15.2 Å². The molecule has 1 aromatic rings. The van der Waals surface area contributed by atoms with Gasteiger partial charge >= 0.3 is 0 Å². The van der Waals surface area contributed by atoms with Crippen LogP contribution in [-0.2, 0) is 0 Å². The van der Waals surface area contributed by atoms with Crippen LogP contribution in [0.4, 0.5) is 0 Å². The fourth-order valence-corrected chi connectivity index (χ4v) is 0.691. The fraction of sp³-hybridized carbons (Fsp3) is 0.667. The van der Waals surface area contributed by atoms with Crippen LogP contribution in [0.15, 0.2) is 6.33 Å². The first kappa shape index (κ1) is 7.21. The summed E-state index contributed by atoms with van der Waals surface area (Å²) in [5.41, 5.74) is 5.75. The second-order valence-corrected chi connectivity index (χ2v) is 2.64. The maximum Gasteiger partial charge on any atom is 0.141 e. The first-order valence-corrected chi connectivity index (χ1v) is 3.32. The molecule has 3 N–H and O–H groups in total. The minimum atomic E-state index is -0.0255. The summed E-state index contributed by atoms with van der Waals surface area (Å²) in [7, 11) is 0. The van der Waals surface area contributed by atoms with Crippen LogP contribution in [-0.4, -0.2) is 15.2 Å². The van der Waals surface area contributed by atoms with Crippen LogP contribution in [0.3, 0.4) is 0 Å². The van der Waals surface area contributed by atoms with Crippen molar-refractivity contribution in [1.29, 1.82) is 0 Å². The Hall–Kier alpha value is -0.900. The largest absolute Gasteiger partial charge is 0.321 e. The summed E-state index contributed by atoms with van der Waals surface area (Å²) in [6, 6.07) is -0.0255. The van der Waals surface area contributed by atoms with Gasteiger partial charge in [-0.1, -0.05) is 13.8 Å². The van der Waals surface area contributed by atoms with Gasteiger partial charge < -0.3 is 5.73 Å². The Kier molecular flexibility index (Phi) is 2.01. The molecule has 0 unspecified atom stereocenters. The molecule has 0 fully saturated rings. The van der Waals surface area contributed by atoms with E-state index in [-0.39, 0.29) is 6.04 Å². The number of aromatic nitrogens is 3. The molecule has 56 valence electrons. The zero-order chi connectivity index (χ0) is 7.56. The van der Waals surface area contributed by atoms with Gasteiger partial charge in [0, 0.05) is 0 Å². The number of rotatable bonds is 2. The lowest BCUT2D eigenvalue weighted by Crippen LogP contribution is -2.18. The molecule has 0 bridgehead atoms. The van der Waals surface area contributed by atoms with E-state index in [0.29, 0.717) is 5.92 Å². The summed E-state index contributed by atoms with van der Waals surface area (Å²) in [5, 5.41) is 6.44. The van der Waals surface area contributed by atoms with Crippen LogP contribution in [0.1, 0.15) is 25.7 Å². The minimum Gasteiger partial charge on any atom is -0.321 e. The number of hydrogen-bond acceptors (Lipinski definition) is 3. The van der Waals surface area contributed by atoms with Crippen LogP contribution < -0.4 is 5.73 Å². The number of nitrogens with zero attached hydrogens (tertiary/aromatic N) is 2. The van der Waals surface area contributed by atoms with Crippen molar-refractivity contribution in [3.63, 3.8) is 0 Å². The minimum absolute atomic E-state index is 0.0255. The van der Waals surface area contributed by atoms with Gasteiger partial charge in [0.25, 0.3) is 0 Å². The smallest absolute Gasteiger partial charge is 0.141 e. The fourth-order valence-electron chi connectivity index (χ4n) is 0.691. The molecule has 1 aromatic heterocycles. The van der Waals surface area contributed by atoms with Gasteiger partial charge in [0.15, 0.2) is 0 Å². The summed E-state index contributed by atoms with van der Waals surface area (Å²) >= 11 is 0.